The smallest absolute Gasteiger partial charge is 0.191 e. The van der Waals surface area contributed by atoms with Crippen LogP contribution in [0, 0.1) is 0 Å². The number of piperazine rings is 1. The van der Waals surface area contributed by atoms with Gasteiger partial charge in [0.25, 0.3) is 0 Å². The lowest BCUT2D eigenvalue weighted by atomic mass is 10.2. The van der Waals surface area contributed by atoms with Crippen molar-refractivity contribution in [2.75, 3.05) is 63.2 Å². The lowest BCUT2D eigenvalue weighted by molar-refractivity contribution is 0.255. The molecule has 1 heterocycles. The first kappa shape index (κ1) is 27.3. The summed E-state index contributed by atoms with van der Waals surface area (Å²) in [6.07, 6.45) is 2.85. The Bertz CT molecular complexity index is 770. The molecule has 0 radical (unpaired) electrons. The Hall–Kier alpha value is -0.780. The van der Waals surface area contributed by atoms with Crippen LogP contribution in [-0.4, -0.2) is 83.6 Å². The fraction of sp³-hybridized carbons (Fsp3) is 0.650. The Morgan fingerprint density at radius 2 is 1.97 bits per heavy atom. The van der Waals surface area contributed by atoms with E-state index in [2.05, 4.69) is 31.5 Å². The molecule has 1 aromatic rings. The Labute approximate surface area is 203 Å². The first-order chi connectivity index (χ1) is 13.8. The summed E-state index contributed by atoms with van der Waals surface area (Å²) < 4.78 is 22.6. The Balaban J connectivity index is 0.00000450. The lowest BCUT2D eigenvalue weighted by Crippen LogP contribution is -2.47. The third kappa shape index (κ3) is 10.5. The average Bonchev–Trinajstić information content (AvgIpc) is 2.68. The second-order valence-corrected chi connectivity index (χ2v) is 10.3. The second-order valence-electron chi connectivity index (χ2n) is 7.63. The number of guanidine groups is 1. The normalized spacial score (nSPS) is 16.7. The van der Waals surface area contributed by atoms with E-state index in [1.165, 1.54) is 11.9 Å². The van der Waals surface area contributed by atoms with Crippen molar-refractivity contribution in [3.05, 3.63) is 29.3 Å². The predicted molar refractivity (Wildman–Crippen MR) is 138 cm³/mol. The molecule has 0 bridgehead atoms. The number of halogens is 2. The topological polar surface area (TPSA) is 77.0 Å². The zero-order valence-corrected chi connectivity index (χ0v) is 22.0. The van der Waals surface area contributed by atoms with Crippen LogP contribution in [0.25, 0.3) is 0 Å². The van der Waals surface area contributed by atoms with Crippen molar-refractivity contribution in [2.24, 2.45) is 4.99 Å². The van der Waals surface area contributed by atoms with Gasteiger partial charge in [-0.15, -0.1) is 24.0 Å². The van der Waals surface area contributed by atoms with Crippen LogP contribution in [0.3, 0.4) is 0 Å². The highest BCUT2D eigenvalue weighted by atomic mass is 127. The molecule has 1 atom stereocenters. The first-order valence-electron chi connectivity index (χ1n) is 10.1. The summed E-state index contributed by atoms with van der Waals surface area (Å²) >= 11 is 6.10. The number of anilines is 1. The molecule has 2 N–H and O–H groups in total. The number of sulfone groups is 1. The van der Waals surface area contributed by atoms with Crippen LogP contribution in [0.5, 0.6) is 0 Å². The molecule has 1 aliphatic heterocycles. The molecule has 1 unspecified atom stereocenters. The summed E-state index contributed by atoms with van der Waals surface area (Å²) in [5.41, 5.74) is 1.19. The molecule has 172 valence electrons. The standard InChI is InChI=1S/C20H34ClN5O2S.HI/c1-17(8-15-29(3,27)28)24-20(22-2)23-9-5-10-25-11-13-26(14-12-25)19-7-4-6-18(21)16-19;/h4,6-7,16-17H,5,8-15H2,1-3H3,(H2,22,23,24);1H. The molecular weight excluding hydrogens is 537 g/mol. The van der Waals surface area contributed by atoms with Crippen LogP contribution in [0.4, 0.5) is 5.69 Å². The fourth-order valence-corrected chi connectivity index (χ4v) is 4.27. The summed E-state index contributed by atoms with van der Waals surface area (Å²) in [6, 6.07) is 8.09. The molecule has 10 heteroatoms. The van der Waals surface area contributed by atoms with Crippen LogP contribution in [-0.2, 0) is 9.84 Å². The molecule has 1 aromatic carbocycles. The van der Waals surface area contributed by atoms with Crippen LogP contribution >= 0.6 is 35.6 Å². The third-order valence-electron chi connectivity index (χ3n) is 5.02. The second kappa shape index (κ2) is 13.6. The molecule has 30 heavy (non-hydrogen) atoms. The largest absolute Gasteiger partial charge is 0.369 e. The van der Waals surface area contributed by atoms with E-state index < -0.39 is 9.84 Å². The zero-order valence-electron chi connectivity index (χ0n) is 18.1. The van der Waals surface area contributed by atoms with Gasteiger partial charge in [-0.2, -0.15) is 0 Å². The van der Waals surface area contributed by atoms with Crippen molar-refractivity contribution < 1.29 is 8.42 Å². The van der Waals surface area contributed by atoms with Gasteiger partial charge < -0.3 is 15.5 Å². The minimum absolute atomic E-state index is 0. The van der Waals surface area contributed by atoms with Gasteiger partial charge in [0.15, 0.2) is 5.96 Å². The summed E-state index contributed by atoms with van der Waals surface area (Å²) in [5, 5.41) is 7.35. The average molecular weight is 572 g/mol. The van der Waals surface area contributed by atoms with Gasteiger partial charge in [0.05, 0.1) is 5.75 Å². The van der Waals surface area contributed by atoms with E-state index in [4.69, 9.17) is 11.6 Å². The van der Waals surface area contributed by atoms with E-state index in [0.717, 1.165) is 56.7 Å². The molecule has 1 fully saturated rings. The van der Waals surface area contributed by atoms with Gasteiger partial charge in [0.1, 0.15) is 9.84 Å². The maximum absolute atomic E-state index is 11.3. The molecule has 1 saturated heterocycles. The Kier molecular flexibility index (Phi) is 12.3. The van der Waals surface area contributed by atoms with E-state index in [1.54, 1.807) is 7.05 Å². The van der Waals surface area contributed by atoms with Gasteiger partial charge >= 0.3 is 0 Å². The number of nitrogens with one attached hydrogen (secondary N) is 2. The van der Waals surface area contributed by atoms with Crippen molar-refractivity contribution >= 4 is 57.1 Å². The molecule has 1 aliphatic rings. The summed E-state index contributed by atoms with van der Waals surface area (Å²) in [7, 11) is -1.20. The quantitative estimate of drug-likeness (QED) is 0.205. The van der Waals surface area contributed by atoms with Gasteiger partial charge in [-0.1, -0.05) is 17.7 Å². The van der Waals surface area contributed by atoms with Crippen LogP contribution < -0.4 is 15.5 Å². The monoisotopic (exact) mass is 571 g/mol. The third-order valence-corrected chi connectivity index (χ3v) is 6.23. The Morgan fingerprint density at radius 3 is 2.57 bits per heavy atom. The van der Waals surface area contributed by atoms with Gasteiger partial charge in [-0.25, -0.2) is 8.42 Å². The number of hydrogen-bond acceptors (Lipinski definition) is 5. The maximum Gasteiger partial charge on any atom is 0.191 e. The number of rotatable bonds is 9. The molecule has 0 spiro atoms. The van der Waals surface area contributed by atoms with E-state index in [-0.39, 0.29) is 35.8 Å². The van der Waals surface area contributed by atoms with E-state index >= 15 is 0 Å². The van der Waals surface area contributed by atoms with Crippen LogP contribution in [0.15, 0.2) is 29.3 Å². The predicted octanol–water partition coefficient (Wildman–Crippen LogP) is 2.46. The van der Waals surface area contributed by atoms with Crippen LogP contribution in [0.1, 0.15) is 19.8 Å². The molecule has 0 aliphatic carbocycles. The highest BCUT2D eigenvalue weighted by Gasteiger charge is 2.17. The van der Waals surface area contributed by atoms with Crippen molar-refractivity contribution in [3.63, 3.8) is 0 Å². The van der Waals surface area contributed by atoms with Gasteiger partial charge in [0.2, 0.25) is 0 Å². The molecule has 0 saturated carbocycles. The molecule has 2 rings (SSSR count). The molecule has 0 aromatic heterocycles. The summed E-state index contributed by atoms with van der Waals surface area (Å²) in [4.78, 5) is 9.08. The molecule has 7 nitrogen and oxygen atoms in total. The number of benzene rings is 1. The maximum atomic E-state index is 11.3. The number of nitrogens with zero attached hydrogens (tertiary/aromatic N) is 3. The fourth-order valence-electron chi connectivity index (χ4n) is 3.30. The molecule has 0 amide bonds. The van der Waals surface area contributed by atoms with Gasteiger partial charge in [-0.05, 0) is 44.5 Å². The lowest BCUT2D eigenvalue weighted by Gasteiger charge is -2.36. The van der Waals surface area contributed by atoms with E-state index in [1.807, 2.05) is 25.1 Å². The summed E-state index contributed by atoms with van der Waals surface area (Å²) in [5.74, 6) is 0.899. The van der Waals surface area contributed by atoms with Crippen molar-refractivity contribution in [1.82, 2.24) is 15.5 Å². The van der Waals surface area contributed by atoms with Gasteiger partial charge in [0, 0.05) is 62.8 Å². The van der Waals surface area contributed by atoms with Crippen molar-refractivity contribution in [1.29, 1.82) is 0 Å². The Morgan fingerprint density at radius 1 is 1.27 bits per heavy atom. The first-order valence-corrected chi connectivity index (χ1v) is 12.6. The number of hydrogen-bond donors (Lipinski definition) is 2. The van der Waals surface area contributed by atoms with Crippen molar-refractivity contribution in [2.45, 2.75) is 25.8 Å². The molecular formula is C20H35ClIN5O2S. The van der Waals surface area contributed by atoms with E-state index in [9.17, 15) is 8.42 Å². The summed E-state index contributed by atoms with van der Waals surface area (Å²) in [6.45, 7) is 7.94. The van der Waals surface area contributed by atoms with Gasteiger partial charge in [-0.3, -0.25) is 9.89 Å². The van der Waals surface area contributed by atoms with Crippen LogP contribution in [0.2, 0.25) is 5.02 Å². The zero-order chi connectivity index (χ0) is 21.3. The number of aliphatic imine (C=N–C) groups is 1. The highest BCUT2D eigenvalue weighted by molar-refractivity contribution is 14.0. The highest BCUT2D eigenvalue weighted by Crippen LogP contribution is 2.20. The van der Waals surface area contributed by atoms with E-state index in [0.29, 0.717) is 6.42 Å². The minimum atomic E-state index is -2.93. The minimum Gasteiger partial charge on any atom is -0.369 e. The SMILES string of the molecule is CN=C(NCCCN1CCN(c2cccc(Cl)c2)CC1)NC(C)CCS(C)(=O)=O.I. The van der Waals surface area contributed by atoms with Crippen molar-refractivity contribution in [3.8, 4) is 0 Å².